The zero-order chi connectivity index (χ0) is 15.9. The van der Waals surface area contributed by atoms with E-state index in [9.17, 15) is 9.18 Å². The van der Waals surface area contributed by atoms with Crippen LogP contribution in [-0.4, -0.2) is 23.0 Å². The Balaban J connectivity index is 2.21. The maximum atomic E-state index is 13.1. The Bertz CT molecular complexity index is 768. The molecule has 5 nitrogen and oxygen atoms in total. The van der Waals surface area contributed by atoms with Crippen LogP contribution in [0.25, 0.3) is 5.69 Å². The molecule has 0 unspecified atom stereocenters. The van der Waals surface area contributed by atoms with Crippen LogP contribution in [-0.2, 0) is 15.3 Å². The van der Waals surface area contributed by atoms with E-state index in [0.717, 1.165) is 0 Å². The summed E-state index contributed by atoms with van der Waals surface area (Å²) < 4.78 is 25.9. The lowest BCUT2D eigenvalue weighted by Gasteiger charge is -2.24. The molecule has 3 rings (SSSR count). The van der Waals surface area contributed by atoms with Crippen LogP contribution in [0, 0.1) is 12.7 Å². The zero-order valence-electron chi connectivity index (χ0n) is 12.1. The number of benzene rings is 1. The molecule has 0 radical (unpaired) electrons. The summed E-state index contributed by atoms with van der Waals surface area (Å²) in [7, 11) is 0. The van der Waals surface area contributed by atoms with Crippen LogP contribution in [0.4, 0.5) is 4.39 Å². The fourth-order valence-electron chi connectivity index (χ4n) is 2.42. The van der Waals surface area contributed by atoms with Gasteiger partial charge in [0.25, 0.3) is 5.56 Å². The third-order valence-corrected chi connectivity index (χ3v) is 4.54. The fourth-order valence-corrected chi connectivity index (χ4v) is 2.77. The Morgan fingerprint density at radius 2 is 1.86 bits per heavy atom. The number of aromatic nitrogens is 2. The first-order valence-electron chi connectivity index (χ1n) is 6.76. The highest BCUT2D eigenvalue weighted by Crippen LogP contribution is 2.33. The molecule has 0 N–H and O–H groups in total. The summed E-state index contributed by atoms with van der Waals surface area (Å²) >= 11 is 3.31. The number of hydrogen-bond donors (Lipinski definition) is 0. The molecule has 116 valence electrons. The average Bonchev–Trinajstić information content (AvgIpc) is 2.94. The van der Waals surface area contributed by atoms with Gasteiger partial charge >= 0.3 is 0 Å². The van der Waals surface area contributed by atoms with Crippen molar-refractivity contribution in [1.82, 2.24) is 9.78 Å². The first-order chi connectivity index (χ1) is 10.4. The Kier molecular flexibility index (Phi) is 3.88. The van der Waals surface area contributed by atoms with Crippen molar-refractivity contribution in [2.45, 2.75) is 19.6 Å². The average molecular weight is 369 g/mol. The molecule has 2 heterocycles. The lowest BCUT2D eigenvalue weighted by molar-refractivity contribution is -0.154. The minimum atomic E-state index is -0.998. The molecule has 2 aromatic rings. The van der Waals surface area contributed by atoms with Crippen LogP contribution in [0.2, 0.25) is 0 Å². The molecule has 0 aliphatic carbocycles. The molecule has 1 aromatic carbocycles. The van der Waals surface area contributed by atoms with E-state index in [1.165, 1.54) is 28.9 Å². The highest BCUT2D eigenvalue weighted by Gasteiger charge is 2.38. The Morgan fingerprint density at radius 3 is 2.45 bits per heavy atom. The lowest BCUT2D eigenvalue weighted by Crippen LogP contribution is -2.32. The van der Waals surface area contributed by atoms with Gasteiger partial charge in [0.2, 0.25) is 5.79 Å². The van der Waals surface area contributed by atoms with Gasteiger partial charge in [-0.25, -0.2) is 4.39 Å². The minimum absolute atomic E-state index is 0.325. The minimum Gasteiger partial charge on any atom is -0.342 e. The molecule has 0 amide bonds. The molecular formula is C15H14BrFN2O3. The fraction of sp³-hybridized carbons (Fsp3) is 0.333. The summed E-state index contributed by atoms with van der Waals surface area (Å²) in [5.41, 5.74) is 1.32. The first kappa shape index (κ1) is 15.3. The van der Waals surface area contributed by atoms with Gasteiger partial charge in [-0.2, -0.15) is 9.78 Å². The summed E-state index contributed by atoms with van der Waals surface area (Å²) in [4.78, 5) is 12.4. The second kappa shape index (κ2) is 5.57. The standard InChI is InChI=1S/C15H14BrFN2O3/c1-9-12(16)14(20)19(11-5-3-10(17)4-6-11)18-13(9)15(2)21-7-8-22-15/h3-6H,7-8H2,1-2H3. The topological polar surface area (TPSA) is 53.4 Å². The van der Waals surface area contributed by atoms with Crippen LogP contribution < -0.4 is 5.56 Å². The lowest BCUT2D eigenvalue weighted by atomic mass is 10.1. The van der Waals surface area contributed by atoms with Gasteiger partial charge in [0.05, 0.1) is 23.4 Å². The van der Waals surface area contributed by atoms with E-state index in [-0.39, 0.29) is 11.4 Å². The van der Waals surface area contributed by atoms with Gasteiger partial charge < -0.3 is 9.47 Å². The maximum absolute atomic E-state index is 13.1. The highest BCUT2D eigenvalue weighted by molar-refractivity contribution is 9.10. The number of nitrogens with zero attached hydrogens (tertiary/aromatic N) is 2. The molecule has 0 spiro atoms. The Morgan fingerprint density at radius 1 is 1.27 bits per heavy atom. The van der Waals surface area contributed by atoms with Crippen molar-refractivity contribution in [3.8, 4) is 5.69 Å². The van der Waals surface area contributed by atoms with Gasteiger partial charge in [-0.15, -0.1) is 0 Å². The van der Waals surface area contributed by atoms with Crippen molar-refractivity contribution in [3.63, 3.8) is 0 Å². The predicted octanol–water partition coefficient (Wildman–Crippen LogP) is 2.66. The third-order valence-electron chi connectivity index (χ3n) is 3.60. The molecular weight excluding hydrogens is 355 g/mol. The van der Waals surface area contributed by atoms with Gasteiger partial charge in [-0.05, 0) is 59.6 Å². The van der Waals surface area contributed by atoms with Gasteiger partial charge in [0, 0.05) is 0 Å². The molecule has 1 aliphatic heterocycles. The summed E-state index contributed by atoms with van der Waals surface area (Å²) in [6.45, 7) is 4.47. The van der Waals surface area contributed by atoms with Crippen molar-refractivity contribution >= 4 is 15.9 Å². The second-order valence-corrected chi connectivity index (χ2v) is 5.92. The summed E-state index contributed by atoms with van der Waals surface area (Å²) in [5, 5.41) is 4.39. The Labute approximate surface area is 134 Å². The molecule has 1 fully saturated rings. The molecule has 1 saturated heterocycles. The second-order valence-electron chi connectivity index (χ2n) is 5.12. The monoisotopic (exact) mass is 368 g/mol. The van der Waals surface area contributed by atoms with Crippen molar-refractivity contribution in [3.05, 3.63) is 56.2 Å². The van der Waals surface area contributed by atoms with Crippen molar-refractivity contribution < 1.29 is 13.9 Å². The van der Waals surface area contributed by atoms with E-state index in [1.807, 2.05) is 0 Å². The largest absolute Gasteiger partial charge is 0.342 e. The van der Waals surface area contributed by atoms with Crippen molar-refractivity contribution in [2.75, 3.05) is 13.2 Å². The van der Waals surface area contributed by atoms with Crippen LogP contribution in [0.3, 0.4) is 0 Å². The van der Waals surface area contributed by atoms with E-state index < -0.39 is 5.79 Å². The predicted molar refractivity (Wildman–Crippen MR) is 81.5 cm³/mol. The molecule has 7 heteroatoms. The van der Waals surface area contributed by atoms with Gasteiger partial charge in [-0.3, -0.25) is 4.79 Å². The molecule has 22 heavy (non-hydrogen) atoms. The SMILES string of the molecule is Cc1c(C2(C)OCCO2)nn(-c2ccc(F)cc2)c(=O)c1Br. The van der Waals surface area contributed by atoms with Crippen molar-refractivity contribution in [1.29, 1.82) is 0 Å². The number of ether oxygens (including phenoxy) is 2. The quantitative estimate of drug-likeness (QED) is 0.817. The van der Waals surface area contributed by atoms with E-state index in [4.69, 9.17) is 9.47 Å². The third kappa shape index (κ3) is 2.49. The number of halogens is 2. The molecule has 0 bridgehead atoms. The normalized spacial score (nSPS) is 16.9. The van der Waals surface area contributed by atoms with Gasteiger partial charge in [0.1, 0.15) is 11.5 Å². The summed E-state index contributed by atoms with van der Waals surface area (Å²) in [6, 6.07) is 5.55. The van der Waals surface area contributed by atoms with E-state index in [0.29, 0.717) is 34.6 Å². The zero-order valence-corrected chi connectivity index (χ0v) is 13.7. The van der Waals surface area contributed by atoms with Crippen LogP contribution in [0.15, 0.2) is 33.5 Å². The van der Waals surface area contributed by atoms with Gasteiger partial charge in [-0.1, -0.05) is 0 Å². The Hall–Kier alpha value is -1.57. The first-order valence-corrected chi connectivity index (χ1v) is 7.55. The van der Waals surface area contributed by atoms with Crippen LogP contribution in [0.5, 0.6) is 0 Å². The van der Waals surface area contributed by atoms with Gasteiger partial charge in [0.15, 0.2) is 0 Å². The van der Waals surface area contributed by atoms with Crippen LogP contribution in [0.1, 0.15) is 18.2 Å². The maximum Gasteiger partial charge on any atom is 0.286 e. The number of rotatable bonds is 2. The smallest absolute Gasteiger partial charge is 0.286 e. The molecule has 1 aromatic heterocycles. The summed E-state index contributed by atoms with van der Waals surface area (Å²) in [5.74, 6) is -1.38. The number of hydrogen-bond acceptors (Lipinski definition) is 4. The molecule has 0 atom stereocenters. The molecule has 0 saturated carbocycles. The van der Waals surface area contributed by atoms with E-state index in [1.54, 1.807) is 13.8 Å². The highest BCUT2D eigenvalue weighted by atomic mass is 79.9. The van der Waals surface area contributed by atoms with E-state index in [2.05, 4.69) is 21.0 Å². The molecule has 1 aliphatic rings. The summed E-state index contributed by atoms with van der Waals surface area (Å²) in [6.07, 6.45) is 0. The van der Waals surface area contributed by atoms with Crippen molar-refractivity contribution in [2.24, 2.45) is 0 Å². The van der Waals surface area contributed by atoms with E-state index >= 15 is 0 Å². The van der Waals surface area contributed by atoms with Crippen LogP contribution >= 0.6 is 15.9 Å².